The van der Waals surface area contributed by atoms with Gasteiger partial charge in [0.15, 0.2) is 6.61 Å². The van der Waals surface area contributed by atoms with Crippen molar-refractivity contribution < 1.29 is 14.3 Å². The van der Waals surface area contributed by atoms with Crippen LogP contribution >= 0.6 is 11.8 Å². The van der Waals surface area contributed by atoms with Gasteiger partial charge >= 0.3 is 5.97 Å². The number of benzene rings is 1. The van der Waals surface area contributed by atoms with Crippen molar-refractivity contribution in [3.05, 3.63) is 29.3 Å². The van der Waals surface area contributed by atoms with Crippen molar-refractivity contribution in [2.24, 2.45) is 0 Å². The molecule has 124 valence electrons. The molecule has 0 heterocycles. The molecular formula is C18H23NO3S. The summed E-state index contributed by atoms with van der Waals surface area (Å²) in [5.41, 5.74) is 2.83. The molecule has 3 rings (SSSR count). The van der Waals surface area contributed by atoms with Crippen LogP contribution in [0.1, 0.15) is 43.2 Å². The molecule has 0 spiro atoms. The lowest BCUT2D eigenvalue weighted by Gasteiger charge is -2.12. The summed E-state index contributed by atoms with van der Waals surface area (Å²) in [4.78, 5) is 24.6. The summed E-state index contributed by atoms with van der Waals surface area (Å²) in [6.45, 7) is -0.167. The molecule has 2 aliphatic carbocycles. The van der Waals surface area contributed by atoms with Gasteiger partial charge in [0.05, 0.1) is 5.75 Å². The normalized spacial score (nSPS) is 17.0. The summed E-state index contributed by atoms with van der Waals surface area (Å²) in [6.07, 6.45) is 7.93. The smallest absolute Gasteiger partial charge is 0.316 e. The first kappa shape index (κ1) is 16.4. The van der Waals surface area contributed by atoms with Gasteiger partial charge in [0, 0.05) is 10.9 Å². The van der Waals surface area contributed by atoms with Gasteiger partial charge in [0.2, 0.25) is 0 Å². The first-order valence-electron chi connectivity index (χ1n) is 8.40. The number of aryl methyl sites for hydroxylation is 2. The molecule has 0 saturated heterocycles. The second-order valence-corrected chi connectivity index (χ2v) is 7.33. The molecule has 23 heavy (non-hydrogen) atoms. The summed E-state index contributed by atoms with van der Waals surface area (Å²) in [6, 6.07) is 6.66. The number of carbonyl (C=O) groups is 2. The fourth-order valence-corrected chi connectivity index (χ4v) is 4.07. The molecule has 0 radical (unpaired) electrons. The molecular weight excluding hydrogens is 310 g/mol. The molecule has 4 nitrogen and oxygen atoms in total. The van der Waals surface area contributed by atoms with E-state index in [9.17, 15) is 9.59 Å². The highest BCUT2D eigenvalue weighted by Crippen LogP contribution is 2.27. The molecule has 0 unspecified atom stereocenters. The van der Waals surface area contributed by atoms with Gasteiger partial charge in [0.1, 0.15) is 0 Å². The minimum atomic E-state index is -0.336. The molecule has 0 atom stereocenters. The molecule has 0 aromatic heterocycles. The van der Waals surface area contributed by atoms with E-state index in [1.54, 1.807) is 0 Å². The average Bonchev–Trinajstić information content (AvgIpc) is 3.21. The second kappa shape index (κ2) is 7.86. The van der Waals surface area contributed by atoms with Gasteiger partial charge in [0.25, 0.3) is 5.91 Å². The molecule has 1 aromatic carbocycles. The Morgan fingerprint density at radius 2 is 1.91 bits per heavy atom. The van der Waals surface area contributed by atoms with Crippen molar-refractivity contribution in [3.63, 3.8) is 0 Å². The summed E-state index contributed by atoms with van der Waals surface area (Å²) in [5, 5.41) is 2.91. The number of nitrogens with one attached hydrogen (secondary N) is 1. The number of fused-ring (bicyclic) bond motifs is 1. The van der Waals surface area contributed by atoms with Crippen LogP contribution in [-0.4, -0.2) is 30.3 Å². The average molecular weight is 333 g/mol. The van der Waals surface area contributed by atoms with E-state index in [1.807, 2.05) is 0 Å². The van der Waals surface area contributed by atoms with Crippen LogP contribution in [0, 0.1) is 0 Å². The van der Waals surface area contributed by atoms with Gasteiger partial charge in [-0.25, -0.2) is 0 Å². The summed E-state index contributed by atoms with van der Waals surface area (Å²) >= 11 is 1.47. The van der Waals surface area contributed by atoms with Gasteiger partial charge < -0.3 is 10.1 Å². The van der Waals surface area contributed by atoms with E-state index in [1.165, 1.54) is 48.6 Å². The van der Waals surface area contributed by atoms with Crippen LogP contribution in [-0.2, 0) is 27.2 Å². The van der Waals surface area contributed by atoms with Crippen molar-refractivity contribution in [1.29, 1.82) is 0 Å². The first-order chi connectivity index (χ1) is 11.2. The number of carbonyl (C=O) groups excluding carboxylic acids is 2. The summed E-state index contributed by atoms with van der Waals surface area (Å²) in [5.74, 6) is -0.278. The first-order valence-corrected chi connectivity index (χ1v) is 9.39. The molecule has 1 amide bonds. The Kier molecular flexibility index (Phi) is 5.60. The zero-order chi connectivity index (χ0) is 16.1. The number of hydrogen-bond donors (Lipinski definition) is 1. The van der Waals surface area contributed by atoms with E-state index >= 15 is 0 Å². The molecule has 1 saturated carbocycles. The van der Waals surface area contributed by atoms with Crippen LogP contribution in [0.3, 0.4) is 0 Å². The predicted molar refractivity (Wildman–Crippen MR) is 90.5 cm³/mol. The lowest BCUT2D eigenvalue weighted by Crippen LogP contribution is -2.36. The maximum Gasteiger partial charge on any atom is 0.316 e. The van der Waals surface area contributed by atoms with Crippen LogP contribution < -0.4 is 5.32 Å². The third-order valence-corrected chi connectivity index (χ3v) is 5.48. The van der Waals surface area contributed by atoms with Gasteiger partial charge in [-0.15, -0.1) is 11.8 Å². The van der Waals surface area contributed by atoms with E-state index in [-0.39, 0.29) is 30.3 Å². The van der Waals surface area contributed by atoms with Crippen LogP contribution in [0.2, 0.25) is 0 Å². The second-order valence-electron chi connectivity index (χ2n) is 6.28. The van der Waals surface area contributed by atoms with Crippen molar-refractivity contribution in [2.75, 3.05) is 12.4 Å². The molecule has 0 bridgehead atoms. The number of thioether (sulfide) groups is 1. The topological polar surface area (TPSA) is 55.4 Å². The third-order valence-electron chi connectivity index (χ3n) is 4.51. The summed E-state index contributed by atoms with van der Waals surface area (Å²) < 4.78 is 5.06. The third kappa shape index (κ3) is 4.74. The minimum absolute atomic E-state index is 0.167. The van der Waals surface area contributed by atoms with Crippen molar-refractivity contribution >= 4 is 23.6 Å². The highest BCUT2D eigenvalue weighted by Gasteiger charge is 2.18. The highest BCUT2D eigenvalue weighted by atomic mass is 32.2. The minimum Gasteiger partial charge on any atom is -0.455 e. The van der Waals surface area contributed by atoms with Crippen molar-refractivity contribution in [2.45, 2.75) is 55.9 Å². The maximum atomic E-state index is 11.8. The Labute approximate surface area is 141 Å². The van der Waals surface area contributed by atoms with Crippen LogP contribution in [0.25, 0.3) is 0 Å². The maximum absolute atomic E-state index is 11.8. The quantitative estimate of drug-likeness (QED) is 0.642. The molecule has 5 heteroatoms. The fraction of sp³-hybridized carbons (Fsp3) is 0.556. The fourth-order valence-electron chi connectivity index (χ4n) is 3.31. The number of rotatable bonds is 6. The zero-order valence-corrected chi connectivity index (χ0v) is 14.1. The van der Waals surface area contributed by atoms with Crippen molar-refractivity contribution in [1.82, 2.24) is 5.32 Å². The Balaban J connectivity index is 1.37. The molecule has 2 aliphatic rings. The lowest BCUT2D eigenvalue weighted by molar-refractivity contribution is -0.146. The molecule has 1 fully saturated rings. The van der Waals surface area contributed by atoms with E-state index in [4.69, 9.17) is 4.74 Å². The SMILES string of the molecule is O=C(COC(=O)CSc1ccc2c(c1)CCC2)NC1CCCC1. The van der Waals surface area contributed by atoms with Crippen molar-refractivity contribution in [3.8, 4) is 0 Å². The number of ether oxygens (including phenoxy) is 1. The van der Waals surface area contributed by atoms with E-state index in [2.05, 4.69) is 23.5 Å². The largest absolute Gasteiger partial charge is 0.455 e. The number of esters is 1. The monoisotopic (exact) mass is 333 g/mol. The summed E-state index contributed by atoms with van der Waals surface area (Å²) in [7, 11) is 0. The number of amides is 1. The van der Waals surface area contributed by atoms with E-state index < -0.39 is 0 Å². The van der Waals surface area contributed by atoms with E-state index in [0.29, 0.717) is 0 Å². The Morgan fingerprint density at radius 3 is 2.74 bits per heavy atom. The van der Waals surface area contributed by atoms with Crippen LogP contribution in [0.5, 0.6) is 0 Å². The van der Waals surface area contributed by atoms with Gasteiger partial charge in [-0.1, -0.05) is 18.9 Å². The molecule has 0 aliphatic heterocycles. The van der Waals surface area contributed by atoms with Crippen LogP contribution in [0.15, 0.2) is 23.1 Å². The standard InChI is InChI=1S/C18H23NO3S/c20-17(19-15-6-1-2-7-15)11-22-18(21)12-23-16-9-8-13-4-3-5-14(13)10-16/h8-10,15H,1-7,11-12H2,(H,19,20). The lowest BCUT2D eigenvalue weighted by atomic mass is 10.1. The highest BCUT2D eigenvalue weighted by molar-refractivity contribution is 8.00. The van der Waals surface area contributed by atoms with Gasteiger partial charge in [-0.3, -0.25) is 9.59 Å². The Bertz CT molecular complexity index is 582. The number of hydrogen-bond acceptors (Lipinski definition) is 4. The van der Waals surface area contributed by atoms with E-state index in [0.717, 1.165) is 24.2 Å². The Hall–Kier alpha value is -1.49. The van der Waals surface area contributed by atoms with Crippen LogP contribution in [0.4, 0.5) is 0 Å². The van der Waals surface area contributed by atoms with Gasteiger partial charge in [-0.2, -0.15) is 0 Å². The predicted octanol–water partition coefficient (Wildman–Crippen LogP) is 2.87. The zero-order valence-electron chi connectivity index (χ0n) is 13.3. The Morgan fingerprint density at radius 1 is 1.13 bits per heavy atom. The molecule has 1 aromatic rings. The molecule has 1 N–H and O–H groups in total. The van der Waals surface area contributed by atoms with Gasteiger partial charge in [-0.05, 0) is 55.4 Å².